The van der Waals surface area contributed by atoms with Crippen molar-refractivity contribution in [3.05, 3.63) is 93.4 Å². The topological polar surface area (TPSA) is 75.4 Å². The third kappa shape index (κ3) is 4.43. The van der Waals surface area contributed by atoms with Gasteiger partial charge in [0, 0.05) is 40.5 Å². The van der Waals surface area contributed by atoms with Gasteiger partial charge in [-0.15, -0.1) is 0 Å². The van der Waals surface area contributed by atoms with Crippen molar-refractivity contribution in [2.24, 2.45) is 0 Å². The van der Waals surface area contributed by atoms with Crippen LogP contribution in [0.15, 0.2) is 77.3 Å². The lowest BCUT2D eigenvalue weighted by atomic mass is 9.95. The number of hydrogen-bond donors (Lipinski definition) is 1. The van der Waals surface area contributed by atoms with Crippen LogP contribution in [0, 0.1) is 0 Å². The molecular weight excluding hydrogens is 482 g/mol. The highest BCUT2D eigenvalue weighted by Gasteiger charge is 2.45. The van der Waals surface area contributed by atoms with E-state index in [1.807, 2.05) is 10.8 Å². The summed E-state index contributed by atoms with van der Waals surface area (Å²) in [5.41, 5.74) is 1.26. The molecule has 1 amide bonds. The predicted octanol–water partition coefficient (Wildman–Crippen LogP) is 4.81. The Bertz CT molecular complexity index is 1130. The van der Waals surface area contributed by atoms with Crippen molar-refractivity contribution in [1.82, 2.24) is 14.5 Å². The zero-order chi connectivity index (χ0) is 22.0. The zero-order valence-electron chi connectivity index (χ0n) is 16.4. The summed E-state index contributed by atoms with van der Waals surface area (Å²) < 4.78 is 2.76. The SMILES string of the molecule is O=C1C(=O)N(CCCn2ccnc2)[C@@H](c2ccc(Cl)cc2)C1=C(O)c1ccc(Br)cc1. The highest BCUT2D eigenvalue weighted by molar-refractivity contribution is 9.10. The Labute approximate surface area is 192 Å². The van der Waals surface area contributed by atoms with Crippen LogP contribution >= 0.6 is 27.5 Å². The van der Waals surface area contributed by atoms with Gasteiger partial charge in [-0.2, -0.15) is 0 Å². The standard InChI is InChI=1S/C23H19BrClN3O3/c24-17-6-2-16(3-7-17)21(29)19-20(15-4-8-18(25)9-5-15)28(23(31)22(19)30)12-1-11-27-13-10-26-14-27/h2-10,13-14,20,29H,1,11-12H2/t20-/m0/s1. The van der Waals surface area contributed by atoms with Crippen molar-refractivity contribution in [2.75, 3.05) is 6.54 Å². The quantitative estimate of drug-likeness (QED) is 0.299. The summed E-state index contributed by atoms with van der Waals surface area (Å²) in [6.45, 7) is 1.01. The highest BCUT2D eigenvalue weighted by Crippen LogP contribution is 2.39. The molecule has 2 aromatic carbocycles. The van der Waals surface area contributed by atoms with Crippen LogP contribution in [-0.4, -0.2) is 37.8 Å². The molecule has 0 radical (unpaired) electrons. The number of halogens is 2. The van der Waals surface area contributed by atoms with Crippen molar-refractivity contribution < 1.29 is 14.7 Å². The molecule has 1 saturated heterocycles. The summed E-state index contributed by atoms with van der Waals surface area (Å²) >= 11 is 9.40. The van der Waals surface area contributed by atoms with Crippen LogP contribution in [0.3, 0.4) is 0 Å². The second kappa shape index (κ2) is 9.08. The molecule has 1 aromatic heterocycles. The molecule has 0 aliphatic carbocycles. The number of hydrogen-bond acceptors (Lipinski definition) is 4. The molecule has 0 bridgehead atoms. The fourth-order valence-corrected chi connectivity index (χ4v) is 4.10. The molecule has 8 heteroatoms. The van der Waals surface area contributed by atoms with Gasteiger partial charge in [-0.3, -0.25) is 9.59 Å². The smallest absolute Gasteiger partial charge is 0.295 e. The monoisotopic (exact) mass is 499 g/mol. The number of amides is 1. The number of imidazole rings is 1. The van der Waals surface area contributed by atoms with Crippen LogP contribution in [0.25, 0.3) is 5.76 Å². The highest BCUT2D eigenvalue weighted by atomic mass is 79.9. The maximum Gasteiger partial charge on any atom is 0.295 e. The number of nitrogens with zero attached hydrogens (tertiary/aromatic N) is 3. The van der Waals surface area contributed by atoms with Gasteiger partial charge >= 0.3 is 0 Å². The van der Waals surface area contributed by atoms with Gasteiger partial charge in [0.25, 0.3) is 11.7 Å². The molecular formula is C23H19BrClN3O3. The van der Waals surface area contributed by atoms with E-state index >= 15 is 0 Å². The molecule has 1 N–H and O–H groups in total. The van der Waals surface area contributed by atoms with Crippen molar-refractivity contribution in [2.45, 2.75) is 19.0 Å². The molecule has 3 aromatic rings. The summed E-state index contributed by atoms with van der Waals surface area (Å²) in [6.07, 6.45) is 5.88. The number of likely N-dealkylation sites (tertiary alicyclic amines) is 1. The van der Waals surface area contributed by atoms with Gasteiger partial charge < -0.3 is 14.6 Å². The maximum absolute atomic E-state index is 13.0. The Hall–Kier alpha value is -2.90. The number of carbonyl (C=O) groups is 2. The van der Waals surface area contributed by atoms with Gasteiger partial charge in [-0.1, -0.05) is 51.8 Å². The lowest BCUT2D eigenvalue weighted by Gasteiger charge is -2.25. The second-order valence-electron chi connectivity index (χ2n) is 7.20. The second-order valence-corrected chi connectivity index (χ2v) is 8.56. The molecule has 158 valence electrons. The number of Topliss-reactive ketones (excluding diaryl/α,β-unsaturated/α-hetero) is 1. The van der Waals surface area contributed by atoms with Crippen molar-refractivity contribution in [3.8, 4) is 0 Å². The van der Waals surface area contributed by atoms with E-state index in [0.717, 1.165) is 4.47 Å². The molecule has 0 spiro atoms. The Kier molecular flexibility index (Phi) is 6.25. The molecule has 0 saturated carbocycles. The van der Waals surface area contributed by atoms with Crippen molar-refractivity contribution >= 4 is 45.0 Å². The van der Waals surface area contributed by atoms with Crippen molar-refractivity contribution in [1.29, 1.82) is 0 Å². The van der Waals surface area contributed by atoms with Gasteiger partial charge in [0.2, 0.25) is 0 Å². The molecule has 1 atom stereocenters. The van der Waals surface area contributed by atoms with Crippen LogP contribution < -0.4 is 0 Å². The number of aliphatic hydroxyl groups excluding tert-OH is 1. The molecule has 0 unspecified atom stereocenters. The van der Waals surface area contributed by atoms with E-state index in [1.165, 1.54) is 4.90 Å². The van der Waals surface area contributed by atoms with Gasteiger partial charge in [0.05, 0.1) is 17.9 Å². The number of aliphatic hydroxyl groups is 1. The fourth-order valence-electron chi connectivity index (χ4n) is 3.71. The zero-order valence-corrected chi connectivity index (χ0v) is 18.8. The number of aromatic nitrogens is 2. The molecule has 6 nitrogen and oxygen atoms in total. The Morgan fingerprint density at radius 1 is 1.06 bits per heavy atom. The third-order valence-electron chi connectivity index (χ3n) is 5.22. The van der Waals surface area contributed by atoms with Gasteiger partial charge in [0.1, 0.15) is 5.76 Å². The minimum Gasteiger partial charge on any atom is -0.507 e. The minimum absolute atomic E-state index is 0.0808. The van der Waals surface area contributed by atoms with E-state index in [0.29, 0.717) is 35.7 Å². The van der Waals surface area contributed by atoms with E-state index in [1.54, 1.807) is 61.1 Å². The molecule has 31 heavy (non-hydrogen) atoms. The Morgan fingerprint density at radius 3 is 2.42 bits per heavy atom. The third-order valence-corrected chi connectivity index (χ3v) is 6.00. The van der Waals surface area contributed by atoms with Gasteiger partial charge in [-0.25, -0.2) is 4.98 Å². The first-order chi connectivity index (χ1) is 15.0. The normalized spacial score (nSPS) is 18.0. The number of rotatable bonds is 6. The van der Waals surface area contributed by atoms with Crippen molar-refractivity contribution in [3.63, 3.8) is 0 Å². The first-order valence-corrected chi connectivity index (χ1v) is 10.9. The lowest BCUT2D eigenvalue weighted by Crippen LogP contribution is -2.31. The molecule has 1 aliphatic rings. The molecule has 1 fully saturated rings. The summed E-state index contributed by atoms with van der Waals surface area (Å²) in [7, 11) is 0. The van der Waals surface area contributed by atoms with E-state index in [2.05, 4.69) is 20.9 Å². The minimum atomic E-state index is -0.692. The lowest BCUT2D eigenvalue weighted by molar-refractivity contribution is -0.139. The molecule has 4 rings (SSSR count). The van der Waals surface area contributed by atoms with Crippen LogP contribution in [0.4, 0.5) is 0 Å². The summed E-state index contributed by atoms with van der Waals surface area (Å²) in [4.78, 5) is 31.4. The van der Waals surface area contributed by atoms with Crippen LogP contribution in [0.5, 0.6) is 0 Å². The molecule has 2 heterocycles. The van der Waals surface area contributed by atoms with E-state index in [9.17, 15) is 14.7 Å². The number of aryl methyl sites for hydroxylation is 1. The Morgan fingerprint density at radius 2 is 1.77 bits per heavy atom. The summed E-state index contributed by atoms with van der Waals surface area (Å²) in [6, 6.07) is 13.2. The van der Waals surface area contributed by atoms with E-state index in [-0.39, 0.29) is 11.3 Å². The van der Waals surface area contributed by atoms with Gasteiger partial charge in [0.15, 0.2) is 0 Å². The van der Waals surface area contributed by atoms with E-state index < -0.39 is 17.7 Å². The van der Waals surface area contributed by atoms with E-state index in [4.69, 9.17) is 11.6 Å². The number of ketones is 1. The van der Waals surface area contributed by atoms with Gasteiger partial charge in [-0.05, 0) is 36.2 Å². The number of carbonyl (C=O) groups excluding carboxylic acids is 2. The van der Waals surface area contributed by atoms with Crippen LogP contribution in [0.2, 0.25) is 5.02 Å². The Balaban J connectivity index is 1.72. The predicted molar refractivity (Wildman–Crippen MR) is 121 cm³/mol. The molecule has 1 aliphatic heterocycles. The number of benzene rings is 2. The summed E-state index contributed by atoms with van der Waals surface area (Å²) in [5.74, 6) is -1.50. The average Bonchev–Trinajstić information content (AvgIpc) is 3.37. The first kappa shape index (κ1) is 21.3. The maximum atomic E-state index is 13.0. The fraction of sp³-hybridized carbons (Fsp3) is 0.174. The summed E-state index contributed by atoms with van der Waals surface area (Å²) in [5, 5.41) is 11.6. The van der Waals surface area contributed by atoms with Crippen LogP contribution in [0.1, 0.15) is 23.6 Å². The average molecular weight is 501 g/mol. The largest absolute Gasteiger partial charge is 0.507 e. The van der Waals surface area contributed by atoms with Crippen LogP contribution in [-0.2, 0) is 16.1 Å². The first-order valence-electron chi connectivity index (χ1n) is 9.71.